The minimum atomic E-state index is 0.442. The Labute approximate surface area is 126 Å². The van der Waals surface area contributed by atoms with E-state index in [0.29, 0.717) is 17.5 Å². The van der Waals surface area contributed by atoms with Crippen molar-refractivity contribution in [3.63, 3.8) is 0 Å². The molecule has 1 saturated heterocycles. The van der Waals surface area contributed by atoms with Crippen LogP contribution >= 0.6 is 0 Å². The maximum atomic E-state index is 3.87. The van der Waals surface area contributed by atoms with Crippen molar-refractivity contribution in [3.05, 3.63) is 0 Å². The molecule has 1 N–H and O–H groups in total. The van der Waals surface area contributed by atoms with Crippen LogP contribution in [0.4, 0.5) is 0 Å². The topological polar surface area (TPSA) is 18.5 Å². The summed E-state index contributed by atoms with van der Waals surface area (Å²) in [4.78, 5) is 5.31. The summed E-state index contributed by atoms with van der Waals surface area (Å²) in [6.07, 6.45) is 5.27. The lowest BCUT2D eigenvalue weighted by Crippen LogP contribution is -2.55. The number of likely N-dealkylation sites (N-methyl/N-ethyl adjacent to an activating group) is 1. The number of hydrogen-bond donors (Lipinski definition) is 1. The van der Waals surface area contributed by atoms with Crippen molar-refractivity contribution in [3.8, 4) is 0 Å². The highest BCUT2D eigenvalue weighted by Crippen LogP contribution is 2.40. The summed E-state index contributed by atoms with van der Waals surface area (Å²) in [5.74, 6) is 0. The van der Waals surface area contributed by atoms with Crippen molar-refractivity contribution < 1.29 is 0 Å². The van der Waals surface area contributed by atoms with Crippen molar-refractivity contribution in [1.82, 2.24) is 15.1 Å². The fourth-order valence-corrected chi connectivity index (χ4v) is 4.32. The summed E-state index contributed by atoms with van der Waals surface area (Å²) in [6.45, 7) is 14.5. The van der Waals surface area contributed by atoms with Gasteiger partial charge in [0.2, 0.25) is 0 Å². The molecule has 1 heterocycles. The largest absolute Gasteiger partial charge is 0.312 e. The maximum absolute atomic E-state index is 3.87. The number of hydrogen-bond acceptors (Lipinski definition) is 3. The third-order valence-electron chi connectivity index (χ3n) is 5.45. The minimum absolute atomic E-state index is 0.442. The molecule has 3 nitrogen and oxygen atoms in total. The predicted molar refractivity (Wildman–Crippen MR) is 87.2 cm³/mol. The molecule has 1 saturated carbocycles. The molecule has 0 amide bonds. The maximum Gasteiger partial charge on any atom is 0.0274 e. The lowest BCUT2D eigenvalue weighted by molar-refractivity contribution is 0.107. The van der Waals surface area contributed by atoms with Crippen LogP contribution in [0.15, 0.2) is 0 Å². The van der Waals surface area contributed by atoms with E-state index in [2.05, 4.69) is 49.9 Å². The lowest BCUT2D eigenvalue weighted by atomic mass is 9.86. The Balaban J connectivity index is 2.08. The van der Waals surface area contributed by atoms with Crippen LogP contribution < -0.4 is 5.32 Å². The molecular weight excluding hydrogens is 246 g/mol. The molecule has 0 radical (unpaired) electrons. The molecular formula is C17H35N3. The molecule has 0 aromatic carbocycles. The van der Waals surface area contributed by atoms with Crippen molar-refractivity contribution in [2.75, 3.05) is 33.2 Å². The van der Waals surface area contributed by atoms with Gasteiger partial charge in [-0.25, -0.2) is 0 Å². The van der Waals surface area contributed by atoms with Crippen LogP contribution in [0.1, 0.15) is 53.4 Å². The van der Waals surface area contributed by atoms with Crippen LogP contribution in [-0.4, -0.2) is 61.2 Å². The Morgan fingerprint density at radius 2 is 2.00 bits per heavy atom. The molecule has 2 aliphatic rings. The van der Waals surface area contributed by atoms with E-state index in [9.17, 15) is 0 Å². The summed E-state index contributed by atoms with van der Waals surface area (Å²) in [5, 5.41) is 3.87. The van der Waals surface area contributed by atoms with E-state index in [1.807, 2.05) is 0 Å². The highest BCUT2D eigenvalue weighted by Gasteiger charge is 2.45. The van der Waals surface area contributed by atoms with Crippen LogP contribution in [0.25, 0.3) is 0 Å². The van der Waals surface area contributed by atoms with Gasteiger partial charge in [0.25, 0.3) is 0 Å². The van der Waals surface area contributed by atoms with Crippen LogP contribution in [0, 0.1) is 5.41 Å². The zero-order chi connectivity index (χ0) is 14.8. The molecule has 0 aromatic rings. The first-order valence-corrected chi connectivity index (χ1v) is 8.63. The molecule has 3 unspecified atom stereocenters. The van der Waals surface area contributed by atoms with Gasteiger partial charge in [-0.15, -0.1) is 0 Å². The van der Waals surface area contributed by atoms with E-state index in [0.717, 1.165) is 12.6 Å². The molecule has 1 aliphatic carbocycles. The Kier molecular flexibility index (Phi) is 5.49. The van der Waals surface area contributed by atoms with Gasteiger partial charge < -0.3 is 10.2 Å². The zero-order valence-corrected chi connectivity index (χ0v) is 14.3. The van der Waals surface area contributed by atoms with Crippen molar-refractivity contribution in [2.45, 2.75) is 71.5 Å². The van der Waals surface area contributed by atoms with Crippen LogP contribution in [0.5, 0.6) is 0 Å². The smallest absolute Gasteiger partial charge is 0.0274 e. The second kappa shape index (κ2) is 6.76. The number of rotatable bonds is 4. The SMILES string of the molecule is CCCNC1C(N2CCCN(C)CC2C)CCC1(C)C. The van der Waals surface area contributed by atoms with Gasteiger partial charge in [-0.3, -0.25) is 4.90 Å². The Hall–Kier alpha value is -0.120. The van der Waals surface area contributed by atoms with Gasteiger partial charge >= 0.3 is 0 Å². The third kappa shape index (κ3) is 3.55. The van der Waals surface area contributed by atoms with Crippen LogP contribution in [-0.2, 0) is 0 Å². The Bertz CT molecular complexity index is 303. The van der Waals surface area contributed by atoms with E-state index in [-0.39, 0.29) is 0 Å². The second-order valence-electron chi connectivity index (χ2n) is 7.73. The van der Waals surface area contributed by atoms with Gasteiger partial charge in [0.15, 0.2) is 0 Å². The van der Waals surface area contributed by atoms with Gasteiger partial charge in [0.05, 0.1) is 0 Å². The van der Waals surface area contributed by atoms with Gasteiger partial charge in [-0.05, 0) is 58.2 Å². The Morgan fingerprint density at radius 1 is 1.25 bits per heavy atom. The average molecular weight is 281 g/mol. The molecule has 1 aliphatic heterocycles. The van der Waals surface area contributed by atoms with Crippen molar-refractivity contribution in [2.24, 2.45) is 5.41 Å². The van der Waals surface area contributed by atoms with Gasteiger partial charge in [-0.1, -0.05) is 20.8 Å². The van der Waals surface area contributed by atoms with Crippen molar-refractivity contribution >= 4 is 0 Å². The fourth-order valence-electron chi connectivity index (χ4n) is 4.32. The van der Waals surface area contributed by atoms with Gasteiger partial charge in [-0.2, -0.15) is 0 Å². The Morgan fingerprint density at radius 3 is 2.70 bits per heavy atom. The van der Waals surface area contributed by atoms with Crippen LogP contribution in [0.2, 0.25) is 0 Å². The fraction of sp³-hybridized carbons (Fsp3) is 1.00. The summed E-state index contributed by atoms with van der Waals surface area (Å²) in [7, 11) is 2.27. The van der Waals surface area contributed by atoms with Crippen LogP contribution in [0.3, 0.4) is 0 Å². The first kappa shape index (κ1) is 16.3. The summed E-state index contributed by atoms with van der Waals surface area (Å²) < 4.78 is 0. The molecule has 2 rings (SSSR count). The zero-order valence-electron chi connectivity index (χ0n) is 14.3. The quantitative estimate of drug-likeness (QED) is 0.854. The molecule has 0 spiro atoms. The molecule has 0 bridgehead atoms. The molecule has 20 heavy (non-hydrogen) atoms. The van der Waals surface area contributed by atoms with Gasteiger partial charge in [0, 0.05) is 31.2 Å². The number of nitrogens with zero attached hydrogens (tertiary/aromatic N) is 2. The molecule has 118 valence electrons. The van der Waals surface area contributed by atoms with E-state index < -0.39 is 0 Å². The second-order valence-corrected chi connectivity index (χ2v) is 7.73. The first-order valence-electron chi connectivity index (χ1n) is 8.63. The summed E-state index contributed by atoms with van der Waals surface area (Å²) >= 11 is 0. The third-order valence-corrected chi connectivity index (χ3v) is 5.45. The summed E-state index contributed by atoms with van der Waals surface area (Å²) in [5.41, 5.74) is 0.442. The van der Waals surface area contributed by atoms with E-state index in [1.54, 1.807) is 0 Å². The van der Waals surface area contributed by atoms with Gasteiger partial charge in [0.1, 0.15) is 0 Å². The lowest BCUT2D eigenvalue weighted by Gasteiger charge is -2.40. The van der Waals surface area contributed by atoms with E-state index >= 15 is 0 Å². The standard InChI is InChI=1S/C17H35N3/c1-6-10-18-16-15(8-9-17(16,3)4)20-12-7-11-19(5)13-14(20)2/h14-16,18H,6-13H2,1-5H3. The normalized spacial score (nSPS) is 36.1. The molecule has 2 fully saturated rings. The van der Waals surface area contributed by atoms with E-state index in [1.165, 1.54) is 45.3 Å². The monoisotopic (exact) mass is 281 g/mol. The highest BCUT2D eigenvalue weighted by molar-refractivity contribution is 5.02. The highest BCUT2D eigenvalue weighted by atomic mass is 15.3. The number of nitrogens with one attached hydrogen (secondary N) is 1. The first-order chi connectivity index (χ1) is 9.45. The molecule has 0 aromatic heterocycles. The van der Waals surface area contributed by atoms with Crippen molar-refractivity contribution in [1.29, 1.82) is 0 Å². The van der Waals surface area contributed by atoms with E-state index in [4.69, 9.17) is 0 Å². The summed E-state index contributed by atoms with van der Waals surface area (Å²) in [6, 6.07) is 2.08. The predicted octanol–water partition coefficient (Wildman–Crippen LogP) is 2.57. The minimum Gasteiger partial charge on any atom is -0.312 e. The molecule has 3 atom stereocenters. The average Bonchev–Trinajstić information content (AvgIpc) is 2.55. The molecule has 3 heteroatoms.